The van der Waals surface area contributed by atoms with E-state index in [1.807, 2.05) is 0 Å². The molecule has 1 fully saturated rings. The minimum atomic E-state index is -4.47. The fourth-order valence-corrected chi connectivity index (χ4v) is 3.33. The number of hydrogen-bond acceptors (Lipinski definition) is 5. The van der Waals surface area contributed by atoms with Gasteiger partial charge in [0.2, 0.25) is 0 Å². The molecule has 4 rings (SSSR count). The van der Waals surface area contributed by atoms with Crippen LogP contribution in [0.4, 0.5) is 18.0 Å². The molecule has 34 heavy (non-hydrogen) atoms. The Kier molecular flexibility index (Phi) is 6.26. The highest BCUT2D eigenvalue weighted by molar-refractivity contribution is 6.30. The van der Waals surface area contributed by atoms with Gasteiger partial charge in [0, 0.05) is 11.9 Å². The molecule has 1 N–H and O–H groups in total. The third-order valence-corrected chi connectivity index (χ3v) is 5.00. The van der Waals surface area contributed by atoms with Gasteiger partial charge in [0.25, 0.3) is 11.8 Å². The lowest BCUT2D eigenvalue weighted by Crippen LogP contribution is -2.53. The number of furan rings is 1. The molecule has 1 aliphatic rings. The zero-order valence-corrected chi connectivity index (χ0v) is 17.5. The maximum absolute atomic E-state index is 12.9. The Labute approximate surface area is 191 Å². The van der Waals surface area contributed by atoms with Gasteiger partial charge in [-0.3, -0.25) is 19.8 Å². The molecular weight excluding hydrogens is 455 g/mol. The molecule has 2 aromatic heterocycles. The maximum Gasteiger partial charge on any atom is 0.416 e. The van der Waals surface area contributed by atoms with Gasteiger partial charge >= 0.3 is 12.2 Å². The fourth-order valence-electron chi connectivity index (χ4n) is 3.33. The normalized spacial score (nSPS) is 15.7. The van der Waals surface area contributed by atoms with Gasteiger partial charge in [-0.05, 0) is 48.5 Å². The van der Waals surface area contributed by atoms with Crippen molar-refractivity contribution in [1.29, 1.82) is 0 Å². The predicted molar refractivity (Wildman–Crippen MR) is 112 cm³/mol. The van der Waals surface area contributed by atoms with Crippen LogP contribution in [-0.2, 0) is 28.9 Å². The highest BCUT2D eigenvalue weighted by Gasteiger charge is 2.36. The summed E-state index contributed by atoms with van der Waals surface area (Å²) in [4.78, 5) is 38.1. The highest BCUT2D eigenvalue weighted by Crippen LogP contribution is 2.31. The monoisotopic (exact) mass is 473 g/mol. The average Bonchev–Trinajstić information content (AvgIpc) is 3.46. The van der Waals surface area contributed by atoms with Gasteiger partial charge in [-0.1, -0.05) is 6.07 Å². The van der Waals surface area contributed by atoms with Gasteiger partial charge in [-0.2, -0.15) is 13.2 Å². The molecule has 4 amide bonds. The number of amides is 4. The Morgan fingerprint density at radius 2 is 1.88 bits per heavy atom. The topological polar surface area (TPSA) is 93.8 Å². The molecule has 1 saturated heterocycles. The van der Waals surface area contributed by atoms with E-state index in [1.54, 1.807) is 35.0 Å². The largest absolute Gasteiger partial charge is 0.492 e. The van der Waals surface area contributed by atoms with E-state index in [4.69, 9.17) is 9.15 Å². The molecule has 1 aliphatic heterocycles. The second-order valence-corrected chi connectivity index (χ2v) is 7.29. The molecule has 0 aliphatic carbocycles. The predicted octanol–water partition coefficient (Wildman–Crippen LogP) is 3.84. The number of alkyl halides is 3. The smallest absolute Gasteiger partial charge is 0.416 e. The van der Waals surface area contributed by atoms with E-state index in [1.165, 1.54) is 24.5 Å². The number of hydrogen-bond donors (Lipinski definition) is 1. The summed E-state index contributed by atoms with van der Waals surface area (Å²) in [5.74, 6) is -1.18. The summed E-state index contributed by atoms with van der Waals surface area (Å²) in [5, 5.41) is 2.13. The highest BCUT2D eigenvalue weighted by atomic mass is 19.4. The van der Waals surface area contributed by atoms with E-state index >= 15 is 0 Å². The Morgan fingerprint density at radius 1 is 1.06 bits per heavy atom. The van der Waals surface area contributed by atoms with Crippen LogP contribution in [0.1, 0.15) is 17.0 Å². The van der Waals surface area contributed by atoms with Crippen molar-refractivity contribution in [2.45, 2.75) is 19.3 Å². The minimum Gasteiger partial charge on any atom is -0.492 e. The molecule has 0 saturated carbocycles. The quantitative estimate of drug-likeness (QED) is 0.416. The van der Waals surface area contributed by atoms with Crippen molar-refractivity contribution in [2.75, 3.05) is 6.61 Å². The number of benzene rings is 1. The first-order valence-electron chi connectivity index (χ1n) is 10.1. The van der Waals surface area contributed by atoms with Crippen molar-refractivity contribution in [3.05, 3.63) is 83.6 Å². The molecule has 1 aromatic carbocycles. The van der Waals surface area contributed by atoms with Crippen LogP contribution in [0, 0.1) is 0 Å². The van der Waals surface area contributed by atoms with E-state index in [0.29, 0.717) is 11.5 Å². The van der Waals surface area contributed by atoms with Gasteiger partial charge < -0.3 is 13.7 Å². The zero-order chi connectivity index (χ0) is 24.3. The van der Waals surface area contributed by atoms with Crippen molar-refractivity contribution >= 4 is 23.9 Å². The van der Waals surface area contributed by atoms with Gasteiger partial charge in [0.1, 0.15) is 23.7 Å². The molecule has 11 heteroatoms. The molecule has 0 unspecified atom stereocenters. The van der Waals surface area contributed by atoms with E-state index < -0.39 is 29.6 Å². The van der Waals surface area contributed by atoms with Crippen LogP contribution in [0.3, 0.4) is 0 Å². The molecule has 0 radical (unpaired) electrons. The standard InChI is InChI=1S/C23H18F3N3O5/c24-23(25,26)15-4-1-6-17(12-15)34-11-9-28-8-2-5-16(28)13-19-20(30)27-22(32)29(21(19)31)14-18-7-3-10-33-18/h1-8,10,12-13H,9,11,14H2,(H,27,30,32). The number of barbiturate groups is 1. The number of aromatic nitrogens is 1. The van der Waals surface area contributed by atoms with Crippen LogP contribution >= 0.6 is 0 Å². The third kappa shape index (κ3) is 5.03. The van der Waals surface area contributed by atoms with Crippen LogP contribution in [0.2, 0.25) is 0 Å². The number of carbonyl (C=O) groups is 3. The molecule has 3 aromatic rings. The van der Waals surface area contributed by atoms with Crippen LogP contribution in [-0.4, -0.2) is 33.9 Å². The lowest BCUT2D eigenvalue weighted by molar-refractivity contribution is -0.137. The Bertz CT molecular complexity index is 1240. The van der Waals surface area contributed by atoms with Gasteiger partial charge in [0.15, 0.2) is 0 Å². The first-order valence-corrected chi connectivity index (χ1v) is 10.1. The van der Waals surface area contributed by atoms with Gasteiger partial charge in [-0.25, -0.2) is 4.79 Å². The summed E-state index contributed by atoms with van der Waals surface area (Å²) < 4.78 is 50.8. The SMILES string of the molecule is O=C1NC(=O)N(Cc2ccco2)C(=O)C1=Cc1cccn1CCOc1cccc(C(F)(F)F)c1. The maximum atomic E-state index is 12.9. The number of urea groups is 1. The Hall–Kier alpha value is -4.28. The number of imide groups is 2. The van der Waals surface area contributed by atoms with Gasteiger partial charge in [-0.15, -0.1) is 0 Å². The van der Waals surface area contributed by atoms with Crippen LogP contribution in [0.5, 0.6) is 5.75 Å². The van der Waals surface area contributed by atoms with Crippen molar-refractivity contribution in [3.63, 3.8) is 0 Å². The molecule has 3 heterocycles. The van der Waals surface area contributed by atoms with Crippen molar-refractivity contribution < 1.29 is 36.7 Å². The number of carbonyl (C=O) groups excluding carboxylic acids is 3. The number of halogens is 3. The van der Waals surface area contributed by atoms with Crippen LogP contribution < -0.4 is 10.1 Å². The number of nitrogens with zero attached hydrogens (tertiary/aromatic N) is 2. The minimum absolute atomic E-state index is 0.0371. The summed E-state index contributed by atoms with van der Waals surface area (Å²) in [6.45, 7) is 0.122. The number of rotatable bonds is 7. The van der Waals surface area contributed by atoms with Crippen molar-refractivity contribution in [3.8, 4) is 5.75 Å². The average molecular weight is 473 g/mol. The van der Waals surface area contributed by atoms with Crippen molar-refractivity contribution in [1.82, 2.24) is 14.8 Å². The molecule has 176 valence electrons. The second-order valence-electron chi connectivity index (χ2n) is 7.29. The molecule has 0 atom stereocenters. The molecule has 8 nitrogen and oxygen atoms in total. The van der Waals surface area contributed by atoms with Crippen molar-refractivity contribution in [2.24, 2.45) is 0 Å². The Balaban J connectivity index is 1.46. The lowest BCUT2D eigenvalue weighted by Gasteiger charge is -2.25. The number of ether oxygens (including phenoxy) is 1. The third-order valence-electron chi connectivity index (χ3n) is 5.00. The van der Waals surface area contributed by atoms with E-state index in [2.05, 4.69) is 5.32 Å². The summed E-state index contributed by atoms with van der Waals surface area (Å²) in [6, 6.07) is 10.2. The molecule has 0 spiro atoms. The molecule has 0 bridgehead atoms. The fraction of sp³-hybridized carbons (Fsp3) is 0.174. The Morgan fingerprint density at radius 3 is 2.62 bits per heavy atom. The van der Waals surface area contributed by atoms with E-state index in [-0.39, 0.29) is 31.0 Å². The summed E-state index contributed by atoms with van der Waals surface area (Å²) in [7, 11) is 0. The summed E-state index contributed by atoms with van der Waals surface area (Å²) in [6.07, 6.45) is -0.0707. The summed E-state index contributed by atoms with van der Waals surface area (Å²) >= 11 is 0. The van der Waals surface area contributed by atoms with E-state index in [0.717, 1.165) is 17.0 Å². The van der Waals surface area contributed by atoms with E-state index in [9.17, 15) is 27.6 Å². The van der Waals surface area contributed by atoms with Crippen LogP contribution in [0.25, 0.3) is 6.08 Å². The lowest BCUT2D eigenvalue weighted by atomic mass is 10.1. The van der Waals surface area contributed by atoms with Gasteiger partial charge in [0.05, 0.1) is 24.9 Å². The number of nitrogens with one attached hydrogen (secondary N) is 1. The van der Waals surface area contributed by atoms with Crippen LogP contribution in [0.15, 0.2) is 71.0 Å². The first-order chi connectivity index (χ1) is 16.2. The zero-order valence-electron chi connectivity index (χ0n) is 17.5. The summed E-state index contributed by atoms with van der Waals surface area (Å²) in [5.41, 5.74) is -0.588. The molecular formula is C23H18F3N3O5. The second kappa shape index (κ2) is 9.30. The first kappa shape index (κ1) is 22.9.